The van der Waals surface area contributed by atoms with Crippen LogP contribution >= 0.6 is 0 Å². The molecular weight excluding hydrogens is 327 g/mol. The molecule has 0 aliphatic carbocycles. The minimum atomic E-state index is -0.657. The lowest BCUT2D eigenvalue weighted by Crippen LogP contribution is -2.47. The summed E-state index contributed by atoms with van der Waals surface area (Å²) < 4.78 is 13.0. The Morgan fingerprint density at radius 3 is 2.32 bits per heavy atom. The SMILES string of the molecule is CC(C)[C@H](N)C(=O)NCC(=O)NCCNC(=O)Cc1cccc(F)c1. The summed E-state index contributed by atoms with van der Waals surface area (Å²) in [5.41, 5.74) is 6.23. The quantitative estimate of drug-likeness (QED) is 0.457. The molecule has 0 saturated heterocycles. The number of hydrogen-bond donors (Lipinski definition) is 4. The van der Waals surface area contributed by atoms with Gasteiger partial charge in [0, 0.05) is 13.1 Å². The summed E-state index contributed by atoms with van der Waals surface area (Å²) in [7, 11) is 0. The third-order valence-corrected chi connectivity index (χ3v) is 3.47. The lowest BCUT2D eigenvalue weighted by molar-refractivity contribution is -0.127. The first-order chi connectivity index (χ1) is 11.8. The average molecular weight is 352 g/mol. The Balaban J connectivity index is 2.17. The normalized spacial score (nSPS) is 11.7. The van der Waals surface area contributed by atoms with Crippen LogP contribution in [0, 0.1) is 11.7 Å². The lowest BCUT2D eigenvalue weighted by atomic mass is 10.1. The van der Waals surface area contributed by atoms with Gasteiger partial charge in [0.1, 0.15) is 5.82 Å². The molecule has 0 saturated carbocycles. The molecule has 7 nitrogen and oxygen atoms in total. The first kappa shape index (κ1) is 20.6. The zero-order valence-corrected chi connectivity index (χ0v) is 14.5. The molecule has 0 bridgehead atoms. The van der Waals surface area contributed by atoms with E-state index in [0.717, 1.165) is 0 Å². The van der Waals surface area contributed by atoms with Crippen LogP contribution in [0.5, 0.6) is 0 Å². The summed E-state index contributed by atoms with van der Waals surface area (Å²) in [5.74, 6) is -1.43. The highest BCUT2D eigenvalue weighted by Crippen LogP contribution is 2.03. The smallest absolute Gasteiger partial charge is 0.239 e. The molecule has 25 heavy (non-hydrogen) atoms. The third kappa shape index (κ3) is 8.25. The van der Waals surface area contributed by atoms with Gasteiger partial charge in [-0.15, -0.1) is 0 Å². The number of nitrogens with one attached hydrogen (secondary N) is 3. The van der Waals surface area contributed by atoms with Crippen molar-refractivity contribution in [1.82, 2.24) is 16.0 Å². The summed E-state index contributed by atoms with van der Waals surface area (Å²) in [6.07, 6.45) is 0.0643. The Hall–Kier alpha value is -2.48. The van der Waals surface area contributed by atoms with Crippen LogP contribution in [-0.4, -0.2) is 43.4 Å². The van der Waals surface area contributed by atoms with Crippen molar-refractivity contribution < 1.29 is 18.8 Å². The van der Waals surface area contributed by atoms with Crippen LogP contribution in [0.2, 0.25) is 0 Å². The Labute approximate surface area is 146 Å². The number of hydrogen-bond acceptors (Lipinski definition) is 4. The fraction of sp³-hybridized carbons (Fsp3) is 0.471. The van der Waals surface area contributed by atoms with Crippen LogP contribution in [-0.2, 0) is 20.8 Å². The summed E-state index contributed by atoms with van der Waals surface area (Å²) >= 11 is 0. The van der Waals surface area contributed by atoms with E-state index in [1.807, 2.05) is 13.8 Å². The summed E-state index contributed by atoms with van der Waals surface area (Å²) in [6.45, 7) is 3.92. The Morgan fingerprint density at radius 1 is 1.08 bits per heavy atom. The monoisotopic (exact) mass is 352 g/mol. The number of rotatable bonds is 9. The minimum absolute atomic E-state index is 0.0173. The molecule has 0 spiro atoms. The molecule has 0 unspecified atom stereocenters. The molecule has 0 heterocycles. The first-order valence-electron chi connectivity index (χ1n) is 8.10. The van der Waals surface area contributed by atoms with Crippen LogP contribution in [0.4, 0.5) is 4.39 Å². The van der Waals surface area contributed by atoms with Gasteiger partial charge in [-0.2, -0.15) is 0 Å². The number of carbonyl (C=O) groups excluding carboxylic acids is 3. The Bertz CT molecular complexity index is 607. The van der Waals surface area contributed by atoms with Gasteiger partial charge in [0.15, 0.2) is 0 Å². The minimum Gasteiger partial charge on any atom is -0.354 e. The zero-order valence-electron chi connectivity index (χ0n) is 14.5. The van der Waals surface area contributed by atoms with Gasteiger partial charge in [-0.1, -0.05) is 26.0 Å². The predicted molar refractivity (Wildman–Crippen MR) is 91.9 cm³/mol. The highest BCUT2D eigenvalue weighted by atomic mass is 19.1. The fourth-order valence-corrected chi connectivity index (χ4v) is 1.95. The highest BCUT2D eigenvalue weighted by Gasteiger charge is 2.17. The molecule has 0 aromatic heterocycles. The maximum absolute atomic E-state index is 13.0. The maximum Gasteiger partial charge on any atom is 0.239 e. The maximum atomic E-state index is 13.0. The van der Waals surface area contributed by atoms with Gasteiger partial charge in [-0.05, 0) is 23.6 Å². The number of amides is 3. The van der Waals surface area contributed by atoms with E-state index in [1.165, 1.54) is 18.2 Å². The van der Waals surface area contributed by atoms with Crippen molar-refractivity contribution >= 4 is 17.7 Å². The first-order valence-corrected chi connectivity index (χ1v) is 8.10. The second-order valence-corrected chi connectivity index (χ2v) is 5.99. The summed E-state index contributed by atoms with van der Waals surface area (Å²) in [6, 6.07) is 5.15. The molecule has 8 heteroatoms. The van der Waals surface area contributed by atoms with E-state index in [2.05, 4.69) is 16.0 Å². The molecule has 0 aliphatic rings. The Morgan fingerprint density at radius 2 is 1.72 bits per heavy atom. The van der Waals surface area contributed by atoms with Gasteiger partial charge in [-0.3, -0.25) is 14.4 Å². The molecule has 1 rings (SSSR count). The van der Waals surface area contributed by atoms with Crippen molar-refractivity contribution in [3.63, 3.8) is 0 Å². The molecular formula is C17H25FN4O3. The van der Waals surface area contributed by atoms with Gasteiger partial charge in [0.05, 0.1) is 19.0 Å². The average Bonchev–Trinajstić information content (AvgIpc) is 2.55. The second-order valence-electron chi connectivity index (χ2n) is 5.99. The van der Waals surface area contributed by atoms with Crippen molar-refractivity contribution in [2.75, 3.05) is 19.6 Å². The van der Waals surface area contributed by atoms with E-state index in [4.69, 9.17) is 5.73 Å². The van der Waals surface area contributed by atoms with Crippen molar-refractivity contribution in [3.05, 3.63) is 35.6 Å². The van der Waals surface area contributed by atoms with Crippen LogP contribution in [0.25, 0.3) is 0 Å². The third-order valence-electron chi connectivity index (χ3n) is 3.47. The highest BCUT2D eigenvalue weighted by molar-refractivity contribution is 5.87. The van der Waals surface area contributed by atoms with Crippen LogP contribution < -0.4 is 21.7 Å². The number of nitrogens with two attached hydrogens (primary N) is 1. The molecule has 1 aromatic rings. The zero-order chi connectivity index (χ0) is 18.8. The molecule has 1 atom stereocenters. The second kappa shape index (κ2) is 10.4. The van der Waals surface area contributed by atoms with Crippen molar-refractivity contribution in [1.29, 1.82) is 0 Å². The molecule has 5 N–H and O–H groups in total. The van der Waals surface area contributed by atoms with Crippen molar-refractivity contribution in [2.45, 2.75) is 26.3 Å². The van der Waals surface area contributed by atoms with Crippen LogP contribution in [0.3, 0.4) is 0 Å². The van der Waals surface area contributed by atoms with Gasteiger partial charge in [0.2, 0.25) is 17.7 Å². The van der Waals surface area contributed by atoms with E-state index in [1.54, 1.807) is 6.07 Å². The molecule has 1 aromatic carbocycles. The van der Waals surface area contributed by atoms with E-state index >= 15 is 0 Å². The van der Waals surface area contributed by atoms with Gasteiger partial charge < -0.3 is 21.7 Å². The summed E-state index contributed by atoms with van der Waals surface area (Å²) in [4.78, 5) is 34.9. The largest absolute Gasteiger partial charge is 0.354 e. The lowest BCUT2D eigenvalue weighted by Gasteiger charge is -2.15. The standard InChI is InChI=1S/C17H25FN4O3/c1-11(2)16(19)17(25)22-10-15(24)21-7-6-20-14(23)9-12-4-3-5-13(18)8-12/h3-5,8,11,16H,6-7,9-10,19H2,1-2H3,(H,20,23)(H,21,24)(H,22,25)/t16-/m0/s1. The van der Waals surface area contributed by atoms with Gasteiger partial charge in [0.25, 0.3) is 0 Å². The van der Waals surface area contributed by atoms with Crippen LogP contribution in [0.15, 0.2) is 24.3 Å². The molecule has 138 valence electrons. The van der Waals surface area contributed by atoms with Crippen molar-refractivity contribution in [3.8, 4) is 0 Å². The molecule has 3 amide bonds. The van der Waals surface area contributed by atoms with Crippen molar-refractivity contribution in [2.24, 2.45) is 11.7 Å². The van der Waals surface area contributed by atoms with E-state index in [0.29, 0.717) is 5.56 Å². The molecule has 0 radical (unpaired) electrons. The summed E-state index contributed by atoms with van der Waals surface area (Å²) in [5, 5.41) is 7.64. The fourth-order valence-electron chi connectivity index (χ4n) is 1.95. The predicted octanol–water partition coefficient (Wildman–Crippen LogP) is -0.300. The Kier molecular flexibility index (Phi) is 8.55. The molecule has 0 aliphatic heterocycles. The van der Waals surface area contributed by atoms with Gasteiger partial charge >= 0.3 is 0 Å². The molecule has 0 fully saturated rings. The van der Waals surface area contributed by atoms with E-state index < -0.39 is 11.9 Å². The number of benzene rings is 1. The van der Waals surface area contributed by atoms with Crippen LogP contribution in [0.1, 0.15) is 19.4 Å². The van der Waals surface area contributed by atoms with Gasteiger partial charge in [-0.25, -0.2) is 4.39 Å². The number of halogens is 1. The van der Waals surface area contributed by atoms with E-state index in [9.17, 15) is 18.8 Å². The van der Waals surface area contributed by atoms with E-state index in [-0.39, 0.29) is 49.7 Å². The number of carbonyl (C=O) groups is 3. The topological polar surface area (TPSA) is 113 Å².